The monoisotopic (exact) mass is 771 g/mol. The number of nitrogens with zero attached hydrogens (tertiary/aromatic N) is 1. The number of allylic oxidation sites excluding steroid dienone is 1. The molecule has 37 heavy (non-hydrogen) atoms. The lowest BCUT2D eigenvalue weighted by atomic mass is 9.87. The molecule has 1 aliphatic carbocycles. The van der Waals surface area contributed by atoms with E-state index in [-0.39, 0.29) is 37.9 Å². The van der Waals surface area contributed by atoms with E-state index in [0.29, 0.717) is 35.0 Å². The molecule has 1 saturated heterocycles. The Morgan fingerprint density at radius 3 is 2.65 bits per heavy atom. The van der Waals surface area contributed by atoms with Crippen LogP contribution in [-0.4, -0.2) is 72.5 Å². The van der Waals surface area contributed by atoms with Crippen LogP contribution in [0.25, 0.3) is 0 Å². The minimum Gasteiger partial charge on any atom is -0.495 e. The number of amides is 2. The summed E-state index contributed by atoms with van der Waals surface area (Å²) in [6.07, 6.45) is -1.06. The second-order valence-corrected chi connectivity index (χ2v) is 11.7. The SMILES string of the molecule is COC1=C(Br)C(O)C2(C=C1Br)CC(C(=O)NCC(O)c1cc(Br)c(OCC3COC(=O)N3)c(Br)c1)=NO2. The van der Waals surface area contributed by atoms with Crippen LogP contribution in [0.3, 0.4) is 0 Å². The van der Waals surface area contributed by atoms with Crippen LogP contribution in [0, 0.1) is 0 Å². The number of carbonyl (C=O) groups excluding carboxylic acids is 2. The third-order valence-corrected chi connectivity index (χ3v) is 8.33. The van der Waals surface area contributed by atoms with Crippen LogP contribution in [-0.2, 0) is 19.1 Å². The predicted molar refractivity (Wildman–Crippen MR) is 145 cm³/mol. The lowest BCUT2D eigenvalue weighted by Gasteiger charge is -2.33. The summed E-state index contributed by atoms with van der Waals surface area (Å²) in [6, 6.07) is 3.08. The average molecular weight is 775 g/mol. The maximum Gasteiger partial charge on any atom is 0.407 e. The van der Waals surface area contributed by atoms with E-state index in [1.54, 1.807) is 18.2 Å². The van der Waals surface area contributed by atoms with Crippen molar-refractivity contribution in [3.8, 4) is 5.75 Å². The van der Waals surface area contributed by atoms with Gasteiger partial charge < -0.3 is 39.9 Å². The summed E-state index contributed by atoms with van der Waals surface area (Å²) in [5, 5.41) is 30.6. The number of carbonyl (C=O) groups is 2. The number of cyclic esters (lactones) is 1. The Morgan fingerprint density at radius 2 is 2.03 bits per heavy atom. The second kappa shape index (κ2) is 11.6. The first kappa shape index (κ1) is 28.4. The Hall–Kier alpha value is -1.65. The van der Waals surface area contributed by atoms with Gasteiger partial charge >= 0.3 is 6.09 Å². The topological polar surface area (TPSA) is 148 Å². The molecule has 4 rings (SSSR count). The number of benzene rings is 1. The number of ether oxygens (including phenoxy) is 3. The van der Waals surface area contributed by atoms with Crippen LogP contribution < -0.4 is 15.4 Å². The summed E-state index contributed by atoms with van der Waals surface area (Å²) in [5.41, 5.74) is -0.692. The zero-order chi connectivity index (χ0) is 26.9. The van der Waals surface area contributed by atoms with Crippen LogP contribution >= 0.6 is 63.7 Å². The number of hydrogen-bond donors (Lipinski definition) is 4. The Labute approximate surface area is 245 Å². The van der Waals surface area contributed by atoms with Crippen molar-refractivity contribution in [3.05, 3.63) is 47.4 Å². The van der Waals surface area contributed by atoms with Gasteiger partial charge in [-0.05, 0) is 87.5 Å². The van der Waals surface area contributed by atoms with Crippen LogP contribution in [0.1, 0.15) is 18.1 Å². The Kier molecular flexibility index (Phi) is 8.90. The molecule has 2 heterocycles. The molecule has 11 nitrogen and oxygen atoms in total. The first-order valence-corrected chi connectivity index (χ1v) is 14.0. The van der Waals surface area contributed by atoms with E-state index >= 15 is 0 Å². The van der Waals surface area contributed by atoms with E-state index in [1.807, 2.05) is 0 Å². The van der Waals surface area contributed by atoms with E-state index < -0.39 is 29.8 Å². The number of hydrogen-bond acceptors (Lipinski definition) is 9. The third kappa shape index (κ3) is 6.01. The molecule has 2 amide bonds. The van der Waals surface area contributed by atoms with Gasteiger partial charge in [0.2, 0.25) is 0 Å². The standard InChI is InChI=1S/C22H21Br4N3O8/c1-34-18-13(25)4-22(19(31)16(18)26)5-14(29-37-22)20(32)27-6-15(30)9-2-11(23)17(12(24)3-9)35-7-10-8-36-21(33)28-10/h2-4,10,15,19,30-31H,5-8H2,1H3,(H,27,32)(H,28,33). The first-order valence-electron chi connectivity index (χ1n) is 10.8. The number of aliphatic hydroxyl groups is 2. The van der Waals surface area contributed by atoms with Crippen LogP contribution in [0.15, 0.2) is 47.0 Å². The molecule has 2 aliphatic heterocycles. The largest absolute Gasteiger partial charge is 0.495 e. The highest BCUT2D eigenvalue weighted by molar-refractivity contribution is 9.12. The van der Waals surface area contributed by atoms with Gasteiger partial charge in [-0.1, -0.05) is 5.16 Å². The summed E-state index contributed by atoms with van der Waals surface area (Å²) in [6.45, 7) is 0.317. The fourth-order valence-electron chi connectivity index (χ4n) is 3.84. The normalized spacial score (nSPS) is 25.6. The van der Waals surface area contributed by atoms with Gasteiger partial charge in [-0.3, -0.25) is 4.79 Å². The Bertz CT molecular complexity index is 1180. The zero-order valence-corrected chi connectivity index (χ0v) is 25.4. The van der Waals surface area contributed by atoms with Gasteiger partial charge in [-0.2, -0.15) is 0 Å². The Morgan fingerprint density at radius 1 is 1.32 bits per heavy atom. The summed E-state index contributed by atoms with van der Waals surface area (Å²) >= 11 is 13.6. The molecule has 4 atom stereocenters. The van der Waals surface area contributed by atoms with E-state index in [9.17, 15) is 19.8 Å². The van der Waals surface area contributed by atoms with Crippen molar-refractivity contribution in [1.82, 2.24) is 10.6 Å². The van der Waals surface area contributed by atoms with E-state index in [2.05, 4.69) is 79.5 Å². The van der Waals surface area contributed by atoms with Crippen LogP contribution in [0.4, 0.5) is 4.79 Å². The van der Waals surface area contributed by atoms with Crippen molar-refractivity contribution in [1.29, 1.82) is 0 Å². The zero-order valence-electron chi connectivity index (χ0n) is 19.1. The number of alkyl carbamates (subject to hydrolysis) is 1. The summed E-state index contributed by atoms with van der Waals surface area (Å²) in [7, 11) is 1.47. The maximum absolute atomic E-state index is 12.7. The van der Waals surface area contributed by atoms with Gasteiger partial charge in [0.05, 0.1) is 31.1 Å². The molecular weight excluding hydrogens is 754 g/mol. The number of methoxy groups -OCH3 is 1. The fourth-order valence-corrected chi connectivity index (χ4v) is 7.08. The molecule has 1 aromatic rings. The number of aliphatic hydroxyl groups excluding tert-OH is 2. The van der Waals surface area contributed by atoms with E-state index in [4.69, 9.17) is 19.0 Å². The summed E-state index contributed by atoms with van der Waals surface area (Å²) in [4.78, 5) is 29.4. The van der Waals surface area contributed by atoms with Gasteiger partial charge in [0.1, 0.15) is 42.6 Å². The molecule has 0 radical (unpaired) electrons. The number of oxime groups is 1. The lowest BCUT2D eigenvalue weighted by Crippen LogP contribution is -2.45. The third-order valence-electron chi connectivity index (χ3n) is 5.77. The Balaban J connectivity index is 1.34. The van der Waals surface area contributed by atoms with Gasteiger partial charge in [0.25, 0.3) is 5.91 Å². The molecule has 4 N–H and O–H groups in total. The van der Waals surface area contributed by atoms with E-state index in [0.717, 1.165) is 0 Å². The first-order chi connectivity index (χ1) is 17.5. The molecule has 1 aromatic carbocycles. The molecule has 200 valence electrons. The minimum atomic E-state index is -1.27. The highest BCUT2D eigenvalue weighted by atomic mass is 79.9. The highest BCUT2D eigenvalue weighted by Crippen LogP contribution is 2.44. The number of rotatable bonds is 8. The average Bonchev–Trinajstić information content (AvgIpc) is 3.47. The smallest absolute Gasteiger partial charge is 0.407 e. The predicted octanol–water partition coefficient (Wildman–Crippen LogP) is 3.27. The van der Waals surface area contributed by atoms with Gasteiger partial charge in [0, 0.05) is 13.0 Å². The number of halogens is 4. The highest BCUT2D eigenvalue weighted by Gasteiger charge is 2.50. The van der Waals surface area contributed by atoms with Gasteiger partial charge in [0.15, 0.2) is 5.60 Å². The number of nitrogens with one attached hydrogen (secondary N) is 2. The van der Waals surface area contributed by atoms with Crippen molar-refractivity contribution >= 4 is 81.4 Å². The molecule has 0 saturated carbocycles. The molecular formula is C22H21Br4N3O8. The molecule has 1 spiro atoms. The van der Waals surface area contributed by atoms with Crippen LogP contribution in [0.2, 0.25) is 0 Å². The molecule has 3 aliphatic rings. The molecule has 1 fully saturated rings. The van der Waals surface area contributed by atoms with E-state index in [1.165, 1.54) is 7.11 Å². The lowest BCUT2D eigenvalue weighted by molar-refractivity contribution is -0.115. The van der Waals surface area contributed by atoms with Crippen molar-refractivity contribution in [3.63, 3.8) is 0 Å². The minimum absolute atomic E-state index is 0.00686. The fraction of sp³-hybridized carbons (Fsp3) is 0.409. The van der Waals surface area contributed by atoms with Gasteiger partial charge in [-0.15, -0.1) is 0 Å². The quantitative estimate of drug-likeness (QED) is 0.315. The second-order valence-electron chi connectivity index (χ2n) is 8.33. The van der Waals surface area contributed by atoms with Crippen molar-refractivity contribution in [2.45, 2.75) is 30.3 Å². The van der Waals surface area contributed by atoms with Gasteiger partial charge in [-0.25, -0.2) is 4.79 Å². The summed E-state index contributed by atoms with van der Waals surface area (Å²) < 4.78 is 17.9. The molecule has 15 heteroatoms. The van der Waals surface area contributed by atoms with Crippen molar-refractivity contribution in [2.75, 3.05) is 26.9 Å². The van der Waals surface area contributed by atoms with Crippen molar-refractivity contribution in [2.24, 2.45) is 5.16 Å². The van der Waals surface area contributed by atoms with Crippen LogP contribution in [0.5, 0.6) is 5.75 Å². The van der Waals surface area contributed by atoms with Crippen molar-refractivity contribution < 1.29 is 38.9 Å². The summed E-state index contributed by atoms with van der Waals surface area (Å²) in [5.74, 6) is 0.367. The maximum atomic E-state index is 12.7. The molecule has 0 bridgehead atoms. The molecule has 4 unspecified atom stereocenters. The molecule has 0 aromatic heterocycles.